The summed E-state index contributed by atoms with van der Waals surface area (Å²) in [6.45, 7) is -2.25. The molecule has 9 aromatic carbocycles. The van der Waals surface area contributed by atoms with Crippen LogP contribution in [0.3, 0.4) is 0 Å². The van der Waals surface area contributed by atoms with E-state index >= 15 is 0 Å². The highest BCUT2D eigenvalue weighted by Gasteiger charge is 2.45. The van der Waals surface area contributed by atoms with Crippen molar-refractivity contribution in [2.24, 2.45) is 0 Å². The number of ether oxygens (including phenoxy) is 1. The molecule has 10 aromatic rings. The van der Waals surface area contributed by atoms with Gasteiger partial charge in [-0.05, 0) is 74.2 Å². The zero-order chi connectivity index (χ0) is 70.2. The third kappa shape index (κ3) is 5.08. The Labute approximate surface area is 395 Å². The van der Waals surface area contributed by atoms with E-state index in [1.807, 2.05) is 0 Å². The van der Waals surface area contributed by atoms with Crippen LogP contribution in [0.2, 0.25) is 0 Å². The first-order chi connectivity index (χ1) is 44.2. The van der Waals surface area contributed by atoms with Gasteiger partial charge in [0.05, 0.1) is 66.1 Å². The lowest BCUT2D eigenvalue weighted by Crippen LogP contribution is -2.74. The maximum absolute atomic E-state index is 10.6. The molecule has 2 aliphatic rings. The van der Waals surface area contributed by atoms with Gasteiger partial charge in [0, 0.05) is 32.8 Å². The molecule has 0 amide bonds. The van der Waals surface area contributed by atoms with Crippen molar-refractivity contribution in [3.8, 4) is 45.2 Å². The maximum Gasteiger partial charge on any atom is 0.434 e. The van der Waals surface area contributed by atoms with E-state index in [-0.39, 0.29) is 0 Å². The summed E-state index contributed by atoms with van der Waals surface area (Å²) >= 11 is 0. The molecule has 2 aliphatic heterocycles. The average Bonchev–Trinajstić information content (AvgIpc) is 0.736. The first kappa shape index (κ1) is 13.6. The molecule has 5 heteroatoms. The molecule has 0 radical (unpaired) electrons. The van der Waals surface area contributed by atoms with Crippen LogP contribution in [-0.4, -0.2) is 19.6 Å². The van der Waals surface area contributed by atoms with Crippen molar-refractivity contribution in [1.82, 2.24) is 4.57 Å². The van der Waals surface area contributed by atoms with E-state index in [0.29, 0.717) is 4.57 Å². The maximum atomic E-state index is 10.6. The normalized spacial score (nSPS) is 21.2. The van der Waals surface area contributed by atoms with Gasteiger partial charge in [-0.15, -0.1) is 0 Å². The Morgan fingerprint density at radius 1 is 0.424 bits per heavy atom. The number of para-hydroxylation sites is 4. The lowest BCUT2D eigenvalue weighted by molar-refractivity contribution is 0.479. The summed E-state index contributed by atoms with van der Waals surface area (Å²) < 4.78 is 348. The van der Waals surface area contributed by atoms with Crippen molar-refractivity contribution in [1.29, 1.82) is 0 Å². The number of rotatable bonds is 6. The molecule has 59 heavy (non-hydrogen) atoms. The van der Waals surface area contributed by atoms with Crippen molar-refractivity contribution in [2.75, 3.05) is 0 Å². The zero-order valence-electron chi connectivity index (χ0n) is 65.3. The standard InChI is InChI=1S/C54H36BNO2Si/c1-4-18-38(19-5-1)59(39-20-6-2-7-21-39,40-22-8-3-9-23-40)41-32-33-45-46-34-37(35-53-54(46)55(58-52(45)36-41)47-27-13-17-31-51(47)57-53)42-24-10-14-28-48(42)56-49-29-15-11-25-43(49)44-26-12-16-30-50(44)56/h1-36H/i1D,2D,3D,4D,5D,6D,7D,8D,9D,10D,11D,12D,13D,14D,15D,16D,17D,18D,19D,20D,21D,22D,23D,24D,25D,26D,27D,28D,29D,30D,31D,32D,33D,34D,35D,36D. The molecule has 0 saturated carbocycles. The fourth-order valence-corrected chi connectivity index (χ4v) is 11.0. The second-order valence-corrected chi connectivity index (χ2v) is 16.3. The molecule has 0 fully saturated rings. The predicted octanol–water partition coefficient (Wildman–Crippen LogP) is 9.10. The SMILES string of the molecule is [2H]c1c([2H])c([2H])c([Si](c2c([2H])c([2H])c([2H])c([2H])c2[2H])(c2c([2H])c([2H])c([2H])c([2H])c2[2H])c2c([2H])c([2H])c3c(c2[2H])OB2c4c([2H])c([2H])c([2H])c([2H])c4Oc4c([2H])c(-c5c([2H])c([2H])c([2H])c([2H])c5-n5c6c([2H])c([2H])c([2H])c([2H])c6c6c([2H])c([2H])c([2H])c([2H])c65)c([2H])c-3c42)c([2H])c1[2H]. The Balaban J connectivity index is 1.36. The smallest absolute Gasteiger partial charge is 0.434 e. The van der Waals surface area contributed by atoms with Gasteiger partial charge in [-0.1, -0.05) is 175 Å². The molecule has 12 rings (SSSR count). The fourth-order valence-electron chi connectivity index (χ4n) is 7.43. The van der Waals surface area contributed by atoms with E-state index in [1.165, 1.54) is 0 Å². The summed E-state index contributed by atoms with van der Waals surface area (Å²) in [6, 6.07) is -41.5. The molecule has 276 valence electrons. The quantitative estimate of drug-likeness (QED) is 0.124. The Kier molecular flexibility index (Phi) is 3.09. The number of fused-ring (bicyclic) bond motifs is 7. The van der Waals surface area contributed by atoms with Gasteiger partial charge in [-0.3, -0.25) is 0 Å². The van der Waals surface area contributed by atoms with Crippen molar-refractivity contribution in [3.63, 3.8) is 0 Å². The molecular weight excluding hydrogens is 733 g/mol. The highest BCUT2D eigenvalue weighted by Crippen LogP contribution is 2.43. The highest BCUT2D eigenvalue weighted by molar-refractivity contribution is 7.20. The molecule has 0 N–H and O–H groups in total. The van der Waals surface area contributed by atoms with Crippen LogP contribution in [0.5, 0.6) is 17.2 Å². The van der Waals surface area contributed by atoms with Crippen LogP contribution >= 0.6 is 0 Å². The largest absolute Gasteiger partial charge is 0.551 e. The van der Waals surface area contributed by atoms with Crippen LogP contribution in [0, 0.1) is 0 Å². The molecule has 3 heterocycles. The third-order valence-electron chi connectivity index (χ3n) is 9.85. The summed E-state index contributed by atoms with van der Waals surface area (Å²) in [5.74, 6) is -2.90. The summed E-state index contributed by atoms with van der Waals surface area (Å²) in [4.78, 5) is 0. The monoisotopic (exact) mass is 805 g/mol. The van der Waals surface area contributed by atoms with Crippen LogP contribution in [0.1, 0.15) is 49.3 Å². The van der Waals surface area contributed by atoms with Crippen molar-refractivity contribution in [2.45, 2.75) is 0 Å². The average molecular weight is 806 g/mol. The molecule has 0 atom stereocenters. The summed E-state index contributed by atoms with van der Waals surface area (Å²) in [5, 5.41) is -6.09. The molecule has 1 aromatic heterocycles. The summed E-state index contributed by atoms with van der Waals surface area (Å²) in [6.07, 6.45) is 0. The lowest BCUT2D eigenvalue weighted by Gasteiger charge is -2.37. The molecule has 3 nitrogen and oxygen atoms in total. The summed E-state index contributed by atoms with van der Waals surface area (Å²) in [7, 11) is -6.55. The van der Waals surface area contributed by atoms with E-state index in [1.54, 1.807) is 0 Å². The van der Waals surface area contributed by atoms with E-state index in [0.717, 1.165) is 0 Å². The van der Waals surface area contributed by atoms with Gasteiger partial charge in [0.1, 0.15) is 17.2 Å². The van der Waals surface area contributed by atoms with Crippen LogP contribution in [-0.2, 0) is 0 Å². The molecule has 0 spiro atoms. The van der Waals surface area contributed by atoms with Gasteiger partial charge in [0.2, 0.25) is 0 Å². The van der Waals surface area contributed by atoms with Gasteiger partial charge >= 0.3 is 6.92 Å². The molecule has 0 saturated heterocycles. The fraction of sp³-hybridized carbons (Fsp3) is 0. The molecule has 0 unspecified atom stereocenters. The van der Waals surface area contributed by atoms with E-state index in [9.17, 15) is 21.9 Å². The third-order valence-corrected chi connectivity index (χ3v) is 13.8. The van der Waals surface area contributed by atoms with E-state index < -0.39 is 331 Å². The lowest BCUT2D eigenvalue weighted by atomic mass is 9.50. The molecular formula is C54H36BNO2Si. The topological polar surface area (TPSA) is 23.4 Å². The second kappa shape index (κ2) is 13.4. The Morgan fingerprint density at radius 3 is 1.64 bits per heavy atom. The number of hydrogen-bond donors (Lipinski definition) is 0. The van der Waals surface area contributed by atoms with Gasteiger partial charge in [-0.2, -0.15) is 0 Å². The zero-order valence-corrected chi connectivity index (χ0v) is 30.3. The van der Waals surface area contributed by atoms with E-state index in [4.69, 9.17) is 36.8 Å². The Morgan fingerprint density at radius 2 is 0.983 bits per heavy atom. The number of nitrogens with zero attached hydrogens (tertiary/aromatic N) is 1. The number of aromatic nitrogens is 1. The second-order valence-electron chi connectivity index (χ2n) is 12.8. The minimum atomic E-state index is -6.55. The van der Waals surface area contributed by atoms with Crippen LogP contribution < -0.4 is 41.1 Å². The summed E-state index contributed by atoms with van der Waals surface area (Å²) in [5.41, 5.74) is -7.60. The number of hydrogen-bond acceptors (Lipinski definition) is 2. The van der Waals surface area contributed by atoms with Crippen LogP contribution in [0.25, 0.3) is 49.7 Å². The van der Waals surface area contributed by atoms with Gasteiger partial charge in [0.25, 0.3) is 0 Å². The molecule has 0 aliphatic carbocycles. The highest BCUT2D eigenvalue weighted by atomic mass is 28.3. The molecule has 0 bridgehead atoms. The first-order valence-electron chi connectivity index (χ1n) is 35.3. The van der Waals surface area contributed by atoms with Crippen molar-refractivity contribution >= 4 is 68.5 Å². The number of benzene rings is 9. The van der Waals surface area contributed by atoms with Gasteiger partial charge in [0.15, 0.2) is 8.07 Å². The van der Waals surface area contributed by atoms with Gasteiger partial charge in [-0.25, -0.2) is 0 Å². The van der Waals surface area contributed by atoms with Crippen molar-refractivity contribution in [3.05, 3.63) is 218 Å². The predicted molar refractivity (Wildman–Crippen MR) is 247 cm³/mol. The first-order valence-corrected chi connectivity index (χ1v) is 19.3. The minimum absolute atomic E-state index is 0.604. The van der Waals surface area contributed by atoms with E-state index in [2.05, 4.69) is 0 Å². The Hall–Kier alpha value is -7.34. The van der Waals surface area contributed by atoms with Crippen molar-refractivity contribution < 1.29 is 58.7 Å². The minimum Gasteiger partial charge on any atom is -0.551 e. The Bertz CT molecular complexity index is 5030. The van der Waals surface area contributed by atoms with Gasteiger partial charge < -0.3 is 14.0 Å². The van der Waals surface area contributed by atoms with Crippen LogP contribution in [0.4, 0.5) is 0 Å². The van der Waals surface area contributed by atoms with Crippen LogP contribution in [0.15, 0.2) is 218 Å².